The molecule has 1 atom stereocenters. The molecule has 0 saturated heterocycles. The number of hydrogen-bond donors (Lipinski definition) is 2. The summed E-state index contributed by atoms with van der Waals surface area (Å²) in [6.45, 7) is 3.77. The van der Waals surface area contributed by atoms with E-state index in [9.17, 15) is 10.1 Å². The zero-order chi connectivity index (χ0) is 16.7. The molecule has 5 nitrogen and oxygen atoms in total. The van der Waals surface area contributed by atoms with E-state index in [1.54, 1.807) is 6.20 Å². The van der Waals surface area contributed by atoms with E-state index in [0.29, 0.717) is 5.82 Å². The second-order valence-corrected chi connectivity index (χ2v) is 5.09. The molecule has 1 amide bonds. The molecule has 2 aromatic rings. The molecule has 1 heterocycles. The number of nitrogens with one attached hydrogen (secondary N) is 2. The number of hydrogen-bond acceptors (Lipinski definition) is 4. The average molecular weight is 306 g/mol. The number of amides is 1. The molecule has 0 aliphatic rings. The Kier molecular flexibility index (Phi) is 5.48. The number of aromatic nitrogens is 1. The van der Waals surface area contributed by atoms with E-state index in [4.69, 9.17) is 0 Å². The summed E-state index contributed by atoms with van der Waals surface area (Å²) in [4.78, 5) is 16.4. The Morgan fingerprint density at radius 1 is 1.26 bits per heavy atom. The summed E-state index contributed by atoms with van der Waals surface area (Å²) in [7, 11) is 0. The molecule has 2 N–H and O–H groups in total. The van der Waals surface area contributed by atoms with Crippen LogP contribution < -0.4 is 10.6 Å². The third-order valence-electron chi connectivity index (χ3n) is 3.37. The minimum Gasteiger partial charge on any atom is -0.345 e. The van der Waals surface area contributed by atoms with Crippen LogP contribution in [0, 0.1) is 18.3 Å². The molecule has 0 aliphatic heterocycles. The number of nitrogens with zero attached hydrogens (tertiary/aromatic N) is 2. The van der Waals surface area contributed by atoms with Gasteiger partial charge in [-0.2, -0.15) is 5.26 Å². The van der Waals surface area contributed by atoms with Crippen LogP contribution in [0.1, 0.15) is 24.1 Å². The Labute approximate surface area is 135 Å². The summed E-state index contributed by atoms with van der Waals surface area (Å²) in [6.07, 6.45) is 3.02. The summed E-state index contributed by atoms with van der Waals surface area (Å²) < 4.78 is 0. The van der Waals surface area contributed by atoms with Crippen LogP contribution in [0.3, 0.4) is 0 Å². The molecule has 0 radical (unpaired) electrons. The third kappa shape index (κ3) is 4.42. The van der Waals surface area contributed by atoms with E-state index >= 15 is 0 Å². The topological polar surface area (TPSA) is 77.8 Å². The Bertz CT molecular complexity index is 747. The number of carbonyl (C=O) groups excluding carboxylic acids is 1. The van der Waals surface area contributed by atoms with Gasteiger partial charge in [0.25, 0.3) is 5.91 Å². The van der Waals surface area contributed by atoms with Gasteiger partial charge in [0.15, 0.2) is 0 Å². The normalized spacial score (nSPS) is 12.1. The quantitative estimate of drug-likeness (QED) is 0.657. The van der Waals surface area contributed by atoms with Gasteiger partial charge in [-0.1, -0.05) is 36.4 Å². The third-order valence-corrected chi connectivity index (χ3v) is 3.37. The van der Waals surface area contributed by atoms with Gasteiger partial charge in [-0.25, -0.2) is 4.98 Å². The van der Waals surface area contributed by atoms with E-state index in [2.05, 4.69) is 15.6 Å². The molecule has 0 spiro atoms. The van der Waals surface area contributed by atoms with Crippen LogP contribution >= 0.6 is 0 Å². The molecular weight excluding hydrogens is 288 g/mol. The Balaban J connectivity index is 2.05. The fourth-order valence-corrected chi connectivity index (χ4v) is 2.03. The Morgan fingerprint density at radius 3 is 2.65 bits per heavy atom. The minimum absolute atomic E-state index is 0.00201. The second kappa shape index (κ2) is 7.76. The minimum atomic E-state index is -0.426. The summed E-state index contributed by atoms with van der Waals surface area (Å²) in [5, 5.41) is 14.9. The van der Waals surface area contributed by atoms with Crippen LogP contribution in [-0.4, -0.2) is 10.9 Å². The van der Waals surface area contributed by atoms with Crippen LogP contribution in [0.4, 0.5) is 5.82 Å². The first kappa shape index (κ1) is 16.2. The molecule has 1 aromatic carbocycles. The maximum atomic E-state index is 12.2. The van der Waals surface area contributed by atoms with Gasteiger partial charge in [-0.3, -0.25) is 4.79 Å². The van der Waals surface area contributed by atoms with Crippen molar-refractivity contribution < 1.29 is 4.79 Å². The zero-order valence-corrected chi connectivity index (χ0v) is 13.1. The number of nitriles is 1. The first-order chi connectivity index (χ1) is 11.1. The Morgan fingerprint density at radius 2 is 2.00 bits per heavy atom. The van der Waals surface area contributed by atoms with E-state index in [0.717, 1.165) is 11.1 Å². The lowest BCUT2D eigenvalue weighted by Gasteiger charge is -2.13. The van der Waals surface area contributed by atoms with E-state index in [1.807, 2.05) is 62.4 Å². The van der Waals surface area contributed by atoms with Crippen molar-refractivity contribution in [3.05, 3.63) is 71.6 Å². The SMILES string of the molecule is Cc1cccnc1N/C=C(/C#N)C(=O)NC(C)c1ccccc1. The van der Waals surface area contributed by atoms with Crippen molar-refractivity contribution in [2.24, 2.45) is 0 Å². The molecule has 1 aromatic heterocycles. The number of aryl methyl sites for hydroxylation is 1. The van der Waals surface area contributed by atoms with Gasteiger partial charge in [-0.15, -0.1) is 0 Å². The zero-order valence-electron chi connectivity index (χ0n) is 13.1. The van der Waals surface area contributed by atoms with Crippen LogP contribution in [0.15, 0.2) is 60.4 Å². The van der Waals surface area contributed by atoms with Gasteiger partial charge in [-0.05, 0) is 31.0 Å². The van der Waals surface area contributed by atoms with Crippen molar-refractivity contribution in [3.8, 4) is 6.07 Å². The van der Waals surface area contributed by atoms with Gasteiger partial charge in [0.1, 0.15) is 17.5 Å². The average Bonchev–Trinajstić information content (AvgIpc) is 2.57. The van der Waals surface area contributed by atoms with Gasteiger partial charge in [0.05, 0.1) is 6.04 Å². The molecule has 0 fully saturated rings. The second-order valence-electron chi connectivity index (χ2n) is 5.09. The van der Waals surface area contributed by atoms with Crippen molar-refractivity contribution in [3.63, 3.8) is 0 Å². The highest BCUT2D eigenvalue weighted by Gasteiger charge is 2.13. The summed E-state index contributed by atoms with van der Waals surface area (Å²) in [5.74, 6) is 0.189. The van der Waals surface area contributed by atoms with Crippen molar-refractivity contribution in [2.45, 2.75) is 19.9 Å². The number of rotatable bonds is 5. The first-order valence-corrected chi connectivity index (χ1v) is 7.26. The molecule has 0 aliphatic carbocycles. The van der Waals surface area contributed by atoms with Crippen LogP contribution in [-0.2, 0) is 4.79 Å². The lowest BCUT2D eigenvalue weighted by molar-refractivity contribution is -0.117. The van der Waals surface area contributed by atoms with Crippen molar-refractivity contribution in [1.82, 2.24) is 10.3 Å². The van der Waals surface area contributed by atoms with E-state index in [1.165, 1.54) is 6.20 Å². The molecule has 5 heteroatoms. The highest BCUT2D eigenvalue weighted by atomic mass is 16.1. The lowest BCUT2D eigenvalue weighted by atomic mass is 10.1. The molecule has 2 rings (SSSR count). The van der Waals surface area contributed by atoms with Gasteiger partial charge in [0, 0.05) is 12.4 Å². The monoisotopic (exact) mass is 306 g/mol. The first-order valence-electron chi connectivity index (χ1n) is 7.26. The molecule has 1 unspecified atom stereocenters. The van der Waals surface area contributed by atoms with E-state index < -0.39 is 5.91 Å². The molecule has 23 heavy (non-hydrogen) atoms. The molecule has 116 valence electrons. The number of benzene rings is 1. The lowest BCUT2D eigenvalue weighted by Crippen LogP contribution is -2.28. The number of pyridine rings is 1. The summed E-state index contributed by atoms with van der Waals surface area (Å²) >= 11 is 0. The van der Waals surface area contributed by atoms with Gasteiger partial charge < -0.3 is 10.6 Å². The fraction of sp³-hybridized carbons (Fsp3) is 0.167. The van der Waals surface area contributed by atoms with Crippen LogP contribution in [0.25, 0.3) is 0 Å². The van der Waals surface area contributed by atoms with Crippen LogP contribution in [0.2, 0.25) is 0 Å². The molecule has 0 saturated carbocycles. The highest BCUT2D eigenvalue weighted by Crippen LogP contribution is 2.13. The Hall–Kier alpha value is -3.13. The van der Waals surface area contributed by atoms with E-state index in [-0.39, 0.29) is 11.6 Å². The van der Waals surface area contributed by atoms with Crippen molar-refractivity contribution >= 4 is 11.7 Å². The maximum absolute atomic E-state index is 12.2. The molecule has 0 bridgehead atoms. The van der Waals surface area contributed by atoms with Crippen molar-refractivity contribution in [2.75, 3.05) is 5.32 Å². The standard InChI is InChI=1S/C18H18N4O/c1-13-7-6-10-20-17(13)21-12-16(11-19)18(23)22-14(2)15-8-4-3-5-9-15/h3-10,12,14H,1-2H3,(H,20,21)(H,22,23)/b16-12-. The van der Waals surface area contributed by atoms with Crippen LogP contribution in [0.5, 0.6) is 0 Å². The molecular formula is C18H18N4O. The highest BCUT2D eigenvalue weighted by molar-refractivity contribution is 5.97. The van der Waals surface area contributed by atoms with Crippen molar-refractivity contribution in [1.29, 1.82) is 5.26 Å². The van der Waals surface area contributed by atoms with Gasteiger partial charge in [0.2, 0.25) is 0 Å². The maximum Gasteiger partial charge on any atom is 0.263 e. The summed E-state index contributed by atoms with van der Waals surface area (Å²) in [6, 6.07) is 15.0. The fourth-order valence-electron chi connectivity index (χ4n) is 2.03. The number of anilines is 1. The van der Waals surface area contributed by atoms with Gasteiger partial charge >= 0.3 is 0 Å². The largest absolute Gasteiger partial charge is 0.345 e. The predicted octanol–water partition coefficient (Wildman–Crippen LogP) is 3.09. The summed E-state index contributed by atoms with van der Waals surface area (Å²) in [5.41, 5.74) is 1.91. The predicted molar refractivity (Wildman–Crippen MR) is 89.3 cm³/mol. The number of carbonyl (C=O) groups is 1. The smallest absolute Gasteiger partial charge is 0.263 e.